The number of benzene rings is 1. The predicted octanol–water partition coefficient (Wildman–Crippen LogP) is -0.147. The molecule has 18 heavy (non-hydrogen) atoms. The Morgan fingerprint density at radius 3 is 1.50 bits per heavy atom. The summed E-state index contributed by atoms with van der Waals surface area (Å²) in [6.45, 7) is 0. The van der Waals surface area contributed by atoms with Crippen LogP contribution in [0.2, 0.25) is 0 Å². The molecule has 0 fully saturated rings. The van der Waals surface area contributed by atoms with Gasteiger partial charge in [0.25, 0.3) is 0 Å². The predicted molar refractivity (Wildman–Crippen MR) is 43.9 cm³/mol. The van der Waals surface area contributed by atoms with Gasteiger partial charge in [-0.1, -0.05) is 0 Å². The molecule has 0 bridgehead atoms. The van der Waals surface area contributed by atoms with Crippen molar-refractivity contribution in [2.24, 2.45) is 0 Å². The van der Waals surface area contributed by atoms with Crippen LogP contribution in [-0.2, 0) is 5.92 Å². The second kappa shape index (κ2) is 4.93. The fraction of sp³-hybridized carbons (Fsp3) is 0.333. The van der Waals surface area contributed by atoms with E-state index < -0.39 is 23.6 Å². The van der Waals surface area contributed by atoms with Gasteiger partial charge in [0, 0.05) is 5.56 Å². The Hall–Kier alpha value is -1.02. The second-order valence-electron chi connectivity index (χ2n) is 3.34. The first kappa shape index (κ1) is 17.0. The summed E-state index contributed by atoms with van der Waals surface area (Å²) < 4.78 is 86.9. The molecule has 9 heteroatoms. The molecule has 0 radical (unpaired) electrons. The molecule has 0 aliphatic heterocycles. The van der Waals surface area contributed by atoms with Crippen LogP contribution in [0, 0.1) is 0 Å². The molecule has 0 saturated carbocycles. The Balaban J connectivity index is 0.00000289. The van der Waals surface area contributed by atoms with Crippen molar-refractivity contribution >= 4 is 5.69 Å². The molecule has 0 saturated heterocycles. The van der Waals surface area contributed by atoms with E-state index in [1.807, 2.05) is 0 Å². The zero-order valence-electron chi connectivity index (χ0n) is 8.54. The van der Waals surface area contributed by atoms with Crippen LogP contribution in [0.15, 0.2) is 24.3 Å². The Bertz CT molecular complexity index is 398. The minimum atomic E-state index is -6.32. The van der Waals surface area contributed by atoms with E-state index in [0.29, 0.717) is 12.1 Å². The topological polar surface area (TPSA) is 27.6 Å². The highest BCUT2D eigenvalue weighted by Gasteiger charge is 2.73. The summed E-state index contributed by atoms with van der Waals surface area (Å²) in [5.74, 6) is -11.4. The van der Waals surface area contributed by atoms with Crippen molar-refractivity contribution in [2.45, 2.75) is 18.0 Å². The van der Waals surface area contributed by atoms with Crippen molar-refractivity contribution in [3.63, 3.8) is 0 Å². The van der Waals surface area contributed by atoms with Crippen LogP contribution in [0.4, 0.5) is 36.4 Å². The van der Waals surface area contributed by atoms with Crippen LogP contribution in [-0.4, -0.2) is 12.1 Å². The van der Waals surface area contributed by atoms with E-state index in [1.165, 1.54) is 0 Å². The maximum Gasteiger partial charge on any atom is 0.460 e. The lowest BCUT2D eigenvalue weighted by Crippen LogP contribution is -3.00. The van der Waals surface area contributed by atoms with Gasteiger partial charge < -0.3 is 18.1 Å². The molecule has 1 rings (SSSR count). The molecule has 1 aromatic carbocycles. The summed E-state index contributed by atoms with van der Waals surface area (Å²) in [5.41, 5.74) is 2.11. The SMILES string of the molecule is [Cl-].[NH3+]c1ccc(C(F)(F)C(F)(F)C(F)(F)F)cc1. The van der Waals surface area contributed by atoms with Crippen LogP contribution in [0.25, 0.3) is 0 Å². The monoisotopic (exact) mass is 297 g/mol. The van der Waals surface area contributed by atoms with Gasteiger partial charge in [-0.25, -0.2) is 0 Å². The Labute approximate surface area is 103 Å². The number of rotatable bonds is 2. The lowest BCUT2D eigenvalue weighted by molar-refractivity contribution is -0.359. The van der Waals surface area contributed by atoms with Gasteiger partial charge in [-0.3, -0.25) is 0 Å². The zero-order valence-corrected chi connectivity index (χ0v) is 9.30. The van der Waals surface area contributed by atoms with Gasteiger partial charge in [0.2, 0.25) is 0 Å². The average molecular weight is 298 g/mol. The van der Waals surface area contributed by atoms with E-state index >= 15 is 0 Å². The van der Waals surface area contributed by atoms with Gasteiger partial charge in [-0.05, 0) is 24.3 Å². The van der Waals surface area contributed by atoms with Gasteiger partial charge >= 0.3 is 18.0 Å². The van der Waals surface area contributed by atoms with Crippen molar-refractivity contribution in [3.8, 4) is 0 Å². The van der Waals surface area contributed by atoms with E-state index in [2.05, 4.69) is 5.73 Å². The molecule has 0 unspecified atom stereocenters. The molecule has 1 aromatic rings. The molecule has 0 spiro atoms. The first-order valence-electron chi connectivity index (χ1n) is 4.25. The van der Waals surface area contributed by atoms with Gasteiger partial charge in [0.15, 0.2) is 0 Å². The highest BCUT2D eigenvalue weighted by Crippen LogP contribution is 2.51. The summed E-state index contributed by atoms with van der Waals surface area (Å²) in [5, 5.41) is 0. The fourth-order valence-electron chi connectivity index (χ4n) is 1.07. The molecule has 1 nitrogen and oxygen atoms in total. The van der Waals surface area contributed by atoms with Crippen molar-refractivity contribution in [1.82, 2.24) is 0 Å². The van der Waals surface area contributed by atoms with Gasteiger partial charge in [-0.2, -0.15) is 30.7 Å². The number of halogens is 8. The summed E-state index contributed by atoms with van der Waals surface area (Å²) in [6.07, 6.45) is -6.32. The smallest absolute Gasteiger partial charge is 0.460 e. The molecule has 0 heterocycles. The standard InChI is InChI=1S/C9H6F7N.ClH/c10-7(11,8(12,13)9(14,15)16)5-1-3-6(17)4-2-5;/h1-4H,17H2;1H. The Morgan fingerprint density at radius 1 is 0.778 bits per heavy atom. The lowest BCUT2D eigenvalue weighted by Gasteiger charge is -2.28. The number of hydrogen-bond donors (Lipinski definition) is 1. The number of hydrogen-bond acceptors (Lipinski definition) is 0. The van der Waals surface area contributed by atoms with Crippen molar-refractivity contribution in [3.05, 3.63) is 29.8 Å². The van der Waals surface area contributed by atoms with Crippen LogP contribution >= 0.6 is 0 Å². The van der Waals surface area contributed by atoms with E-state index in [1.54, 1.807) is 0 Å². The third kappa shape index (κ3) is 2.69. The van der Waals surface area contributed by atoms with Gasteiger partial charge in [0.1, 0.15) is 5.69 Å². The molecule has 0 aromatic heterocycles. The van der Waals surface area contributed by atoms with Crippen molar-refractivity contribution in [1.29, 1.82) is 0 Å². The minimum absolute atomic E-state index is 0. The zero-order chi connectivity index (χ0) is 13.5. The van der Waals surface area contributed by atoms with Crippen LogP contribution in [0.1, 0.15) is 5.56 Å². The van der Waals surface area contributed by atoms with Crippen LogP contribution in [0.5, 0.6) is 0 Å². The molecule has 0 aliphatic carbocycles. The van der Waals surface area contributed by atoms with E-state index in [9.17, 15) is 30.7 Å². The third-order valence-corrected chi connectivity index (χ3v) is 2.07. The molecule has 0 amide bonds. The third-order valence-electron chi connectivity index (χ3n) is 2.07. The molecular weight excluding hydrogens is 291 g/mol. The van der Waals surface area contributed by atoms with Crippen molar-refractivity contribution < 1.29 is 48.9 Å². The first-order chi connectivity index (χ1) is 7.50. The van der Waals surface area contributed by atoms with Gasteiger partial charge in [-0.15, -0.1) is 0 Å². The van der Waals surface area contributed by atoms with Crippen molar-refractivity contribution in [2.75, 3.05) is 0 Å². The van der Waals surface area contributed by atoms with Crippen LogP contribution in [0.3, 0.4) is 0 Å². The minimum Gasteiger partial charge on any atom is -1.00 e. The Morgan fingerprint density at radius 2 is 1.17 bits per heavy atom. The quantitative estimate of drug-likeness (QED) is 0.736. The largest absolute Gasteiger partial charge is 1.00 e. The Kier molecular flexibility index (Phi) is 4.65. The van der Waals surface area contributed by atoms with Crippen LogP contribution < -0.4 is 18.1 Å². The average Bonchev–Trinajstić information content (AvgIpc) is 2.16. The van der Waals surface area contributed by atoms with E-state index in [-0.39, 0.29) is 18.1 Å². The fourth-order valence-corrected chi connectivity index (χ4v) is 1.07. The highest BCUT2D eigenvalue weighted by molar-refractivity contribution is 5.34. The molecular formula is C9H7ClF7N. The summed E-state index contributed by atoms with van der Waals surface area (Å²) >= 11 is 0. The number of alkyl halides is 7. The maximum atomic E-state index is 13.1. The maximum absolute atomic E-state index is 13.1. The summed E-state index contributed by atoms with van der Waals surface area (Å²) in [6, 6.07) is 2.83. The summed E-state index contributed by atoms with van der Waals surface area (Å²) in [4.78, 5) is 0. The molecule has 104 valence electrons. The lowest BCUT2D eigenvalue weighted by atomic mass is 10.0. The highest BCUT2D eigenvalue weighted by atomic mass is 35.5. The molecule has 0 aliphatic rings. The first-order valence-corrected chi connectivity index (χ1v) is 4.25. The molecule has 0 atom stereocenters. The molecule has 3 N–H and O–H groups in total. The second-order valence-corrected chi connectivity index (χ2v) is 3.34. The summed E-state index contributed by atoms with van der Waals surface area (Å²) in [7, 11) is 0. The normalized spacial score (nSPS) is 13.1. The van der Waals surface area contributed by atoms with E-state index in [4.69, 9.17) is 0 Å². The van der Waals surface area contributed by atoms with Gasteiger partial charge in [0.05, 0.1) is 0 Å². The number of quaternary nitrogens is 1. The van der Waals surface area contributed by atoms with E-state index in [0.717, 1.165) is 12.1 Å².